The van der Waals surface area contributed by atoms with Crippen LogP contribution >= 0.6 is 0 Å². The summed E-state index contributed by atoms with van der Waals surface area (Å²) >= 11 is 0. The first kappa shape index (κ1) is 52.4. The molecule has 0 bridgehead atoms. The van der Waals surface area contributed by atoms with Crippen molar-refractivity contribution < 1.29 is 123 Å². The number of phenolic OH excluding ortho intramolecular Hbond substituents is 1. The number of hydrogen-bond donors (Lipinski definition) is 14. The smallest absolute Gasteiger partial charge is 0.229 e. The second-order valence-corrected chi connectivity index (χ2v) is 18.1. The maximum atomic E-state index is 14.8. The van der Waals surface area contributed by atoms with Gasteiger partial charge in [-0.2, -0.15) is 0 Å². The van der Waals surface area contributed by atoms with Crippen LogP contribution in [0.25, 0.3) is 0 Å². The van der Waals surface area contributed by atoms with Crippen LogP contribution in [0.5, 0.6) is 17.2 Å². The molecule has 4 saturated heterocycles. The predicted octanol–water partition coefficient (Wildman–Crippen LogP) is -6.24. The van der Waals surface area contributed by atoms with Crippen molar-refractivity contribution in [3.63, 3.8) is 0 Å². The molecule has 0 aromatic heterocycles. The fraction of sp³-hybridized carbons (Fsp3) is 0.659. The molecule has 4 aliphatic heterocycles. The number of aromatic hydroxyl groups is 1. The fourth-order valence-corrected chi connectivity index (χ4v) is 9.78. The summed E-state index contributed by atoms with van der Waals surface area (Å²) < 4.78 is 53.1. The second-order valence-electron chi connectivity index (χ2n) is 18.1. The van der Waals surface area contributed by atoms with Crippen LogP contribution in [0, 0.1) is 0 Å². The molecule has 15 N–H and O–H groups in total. The minimum Gasteiger partial charge on any atom is -0.507 e. The Morgan fingerprint density at radius 1 is 0.729 bits per heavy atom. The van der Waals surface area contributed by atoms with Gasteiger partial charge in [0, 0.05) is 42.0 Å². The van der Waals surface area contributed by atoms with E-state index in [1.165, 1.54) is 25.3 Å². The Morgan fingerprint density at radius 2 is 1.29 bits per heavy atom. The van der Waals surface area contributed by atoms with E-state index in [9.17, 15) is 80.8 Å². The molecule has 4 fully saturated rings. The van der Waals surface area contributed by atoms with Crippen LogP contribution in [-0.2, 0) is 44.4 Å². The van der Waals surface area contributed by atoms with Crippen molar-refractivity contribution in [1.29, 1.82) is 0 Å². The number of hydrogen-bond acceptors (Lipinski definition) is 26. The third-order valence-electron chi connectivity index (χ3n) is 13.8. The number of aliphatic hydroxyl groups is 12. The second kappa shape index (κ2) is 20.5. The number of methoxy groups -OCH3 is 1. The van der Waals surface area contributed by atoms with Crippen LogP contribution in [0.4, 0.5) is 0 Å². The normalized spacial score (nSPS) is 40.8. The molecule has 20 atom stereocenters. The summed E-state index contributed by atoms with van der Waals surface area (Å²) in [5.41, 5.74) is 1.63. The molecule has 0 amide bonds. The highest BCUT2D eigenvalue weighted by molar-refractivity contribution is 6.31. The van der Waals surface area contributed by atoms with E-state index < -0.39 is 202 Å². The third-order valence-corrected chi connectivity index (χ3v) is 13.8. The topological polar surface area (TPSA) is 423 Å². The molecule has 4 heterocycles. The molecular formula is C44H57NO25. The Hall–Kier alpha value is -3.95. The van der Waals surface area contributed by atoms with Crippen molar-refractivity contribution in [3.8, 4) is 17.2 Å². The molecular weight excluding hydrogens is 942 g/mol. The predicted molar refractivity (Wildman–Crippen MR) is 224 cm³/mol. The molecule has 2 aromatic rings. The molecule has 6 aliphatic rings. The zero-order valence-electron chi connectivity index (χ0n) is 37.4. The Bertz CT molecular complexity index is 2280. The van der Waals surface area contributed by atoms with Crippen molar-refractivity contribution in [2.45, 2.75) is 148 Å². The summed E-state index contributed by atoms with van der Waals surface area (Å²) in [6.45, 7) is -1.94. The number of nitrogens with two attached hydrogens (primary N) is 1. The average molecular weight is 1000 g/mol. The molecule has 0 saturated carbocycles. The van der Waals surface area contributed by atoms with E-state index in [2.05, 4.69) is 0 Å². The molecule has 0 spiro atoms. The molecule has 0 radical (unpaired) electrons. The molecule has 8 rings (SSSR count). The van der Waals surface area contributed by atoms with Gasteiger partial charge in [-0.1, -0.05) is 12.1 Å². The van der Waals surface area contributed by atoms with Gasteiger partial charge in [-0.25, -0.2) is 0 Å². The van der Waals surface area contributed by atoms with E-state index >= 15 is 0 Å². The maximum absolute atomic E-state index is 14.8. The number of carbonyl (C=O) groups is 3. The molecule has 20 unspecified atom stereocenters. The molecule has 26 nitrogen and oxygen atoms in total. The number of rotatable bonds is 13. The lowest BCUT2D eigenvalue weighted by molar-refractivity contribution is -0.331. The van der Waals surface area contributed by atoms with Gasteiger partial charge >= 0.3 is 0 Å². The third kappa shape index (κ3) is 9.02. The first-order valence-electron chi connectivity index (χ1n) is 22.3. The molecule has 70 heavy (non-hydrogen) atoms. The van der Waals surface area contributed by atoms with E-state index in [1.807, 2.05) is 0 Å². The summed E-state index contributed by atoms with van der Waals surface area (Å²) in [6.07, 6.45) is -33.3. The first-order chi connectivity index (χ1) is 33.2. The quantitative estimate of drug-likeness (QED) is 0.0757. The van der Waals surface area contributed by atoms with Gasteiger partial charge in [-0.3, -0.25) is 14.4 Å². The van der Waals surface area contributed by atoms with E-state index in [0.717, 1.165) is 6.92 Å². The number of phenols is 1. The maximum Gasteiger partial charge on any atom is 0.229 e. The number of ketones is 3. The van der Waals surface area contributed by atoms with Gasteiger partial charge in [-0.15, -0.1) is 0 Å². The Morgan fingerprint density at radius 3 is 1.84 bits per heavy atom. The largest absolute Gasteiger partial charge is 0.507 e. The van der Waals surface area contributed by atoms with Crippen LogP contribution in [0.2, 0.25) is 0 Å². The fourth-order valence-electron chi connectivity index (χ4n) is 9.78. The Labute approximate surface area is 396 Å². The zero-order chi connectivity index (χ0) is 50.8. The molecule has 26 heteroatoms. The summed E-state index contributed by atoms with van der Waals surface area (Å²) in [5, 5.41) is 138. The van der Waals surface area contributed by atoms with Crippen LogP contribution < -0.4 is 15.2 Å². The van der Waals surface area contributed by atoms with Gasteiger partial charge in [0.2, 0.25) is 12.1 Å². The molecule has 2 aliphatic carbocycles. The SMILES string of the molecule is COc1cccc2c1C(=O)c1c(O)c3c(c(OC4OC(CO)C(O)C(O)C4O)c1C2=O)CC(OC1OC(CO)C(O)C(O)C1O)(C(C)=O)CC3OC1CC(N)C(OC2OC(CO)C(O)C(O)C2O)CO1. The monoisotopic (exact) mass is 999 g/mol. The number of ether oxygens (including phenoxy) is 9. The minimum atomic E-state index is -2.34. The van der Waals surface area contributed by atoms with Crippen molar-refractivity contribution in [3.05, 3.63) is 51.6 Å². The lowest BCUT2D eigenvalue weighted by Gasteiger charge is -2.47. The highest BCUT2D eigenvalue weighted by Gasteiger charge is 2.56. The first-order valence-corrected chi connectivity index (χ1v) is 22.3. The standard InChI is InChI=1S/C44H57NO25/c1-13(49)44(70-43-39(61)36(58)31(53)21(11-48)67-43)7-15-25(18(8-44)64-23-6-16(45)22(12-63-23)68-41-37(59)34(56)29(51)19(9-46)65-41)33(55)26-27(28(50)14-4-3-5-17(62-2)24(14)32(26)54)40(15)69-42-38(60)35(57)30(52)20(10-47)66-42/h3-5,16,18-23,29-31,34-39,41-43,46-48,51-53,55-61H,6-12,45H2,1-2H3. The molecule has 388 valence electrons. The van der Waals surface area contributed by atoms with Gasteiger partial charge in [0.05, 0.1) is 62.4 Å². The van der Waals surface area contributed by atoms with Crippen LogP contribution in [0.1, 0.15) is 68.8 Å². The van der Waals surface area contributed by atoms with Crippen molar-refractivity contribution in [2.24, 2.45) is 5.73 Å². The van der Waals surface area contributed by atoms with Crippen LogP contribution in [0.3, 0.4) is 0 Å². The minimum absolute atomic E-state index is 0.0728. The van der Waals surface area contributed by atoms with Crippen LogP contribution in [-0.4, -0.2) is 233 Å². The number of Topliss-reactive ketones (excluding diaryl/α,β-unsaturated/α-hetero) is 1. The Kier molecular flexibility index (Phi) is 15.4. The van der Waals surface area contributed by atoms with Gasteiger partial charge in [0.15, 0.2) is 30.4 Å². The van der Waals surface area contributed by atoms with Crippen molar-refractivity contribution >= 4 is 17.3 Å². The average Bonchev–Trinajstić information content (AvgIpc) is 3.34. The lowest BCUT2D eigenvalue weighted by Crippen LogP contribution is -2.62. The van der Waals surface area contributed by atoms with Crippen molar-refractivity contribution in [2.75, 3.05) is 33.5 Å². The van der Waals surface area contributed by atoms with E-state index in [4.69, 9.17) is 48.4 Å². The van der Waals surface area contributed by atoms with E-state index in [0.29, 0.717) is 0 Å². The van der Waals surface area contributed by atoms with Crippen molar-refractivity contribution in [1.82, 2.24) is 0 Å². The molecule has 2 aromatic carbocycles. The van der Waals surface area contributed by atoms with Gasteiger partial charge in [0.25, 0.3) is 0 Å². The van der Waals surface area contributed by atoms with Gasteiger partial charge in [0.1, 0.15) is 96.1 Å². The number of benzene rings is 2. The zero-order valence-corrected chi connectivity index (χ0v) is 37.4. The van der Waals surface area contributed by atoms with E-state index in [-0.39, 0.29) is 34.4 Å². The highest BCUT2D eigenvalue weighted by Crippen LogP contribution is 2.54. The summed E-state index contributed by atoms with van der Waals surface area (Å²) in [4.78, 5) is 43.8. The number of aliphatic hydroxyl groups excluding tert-OH is 12. The lowest BCUT2D eigenvalue weighted by atomic mass is 9.71. The summed E-state index contributed by atoms with van der Waals surface area (Å²) in [7, 11) is 1.23. The van der Waals surface area contributed by atoms with Crippen LogP contribution in [0.15, 0.2) is 18.2 Å². The Balaban J connectivity index is 1.25. The highest BCUT2D eigenvalue weighted by atomic mass is 16.7. The number of fused-ring (bicyclic) bond motifs is 3. The van der Waals surface area contributed by atoms with Gasteiger partial charge in [-0.05, 0) is 13.0 Å². The van der Waals surface area contributed by atoms with Gasteiger partial charge < -0.3 is 115 Å². The summed E-state index contributed by atoms with van der Waals surface area (Å²) in [6, 6.07) is 3.01. The summed E-state index contributed by atoms with van der Waals surface area (Å²) in [5.74, 6) is -4.43. The number of carbonyl (C=O) groups excluding carboxylic acids is 3. The van der Waals surface area contributed by atoms with E-state index in [1.54, 1.807) is 0 Å².